The Bertz CT molecular complexity index is 482. The highest BCUT2D eigenvalue weighted by atomic mass is 16.5. The van der Waals surface area contributed by atoms with Crippen LogP contribution in [0.5, 0.6) is 5.75 Å². The highest BCUT2D eigenvalue weighted by molar-refractivity contribution is 5.60. The number of nitrogens with zero attached hydrogens (tertiary/aromatic N) is 2. The van der Waals surface area contributed by atoms with Gasteiger partial charge in [0.05, 0.1) is 18.0 Å². The zero-order chi connectivity index (χ0) is 12.1. The van der Waals surface area contributed by atoms with Crippen molar-refractivity contribution in [2.45, 2.75) is 13.5 Å². The maximum absolute atomic E-state index is 5.55. The van der Waals surface area contributed by atoms with Crippen LogP contribution in [0.15, 0.2) is 36.7 Å². The predicted octanol–water partition coefficient (Wildman–Crippen LogP) is 2.00. The number of hydrogen-bond acceptors (Lipinski definition) is 4. The average Bonchev–Trinajstić information content (AvgIpc) is 2.40. The molecule has 88 valence electrons. The Morgan fingerprint density at radius 2 is 1.94 bits per heavy atom. The molecule has 1 aromatic carbocycles. The summed E-state index contributed by atoms with van der Waals surface area (Å²) in [5.74, 6) is 0.865. The van der Waals surface area contributed by atoms with Crippen molar-refractivity contribution in [2.24, 2.45) is 5.73 Å². The van der Waals surface area contributed by atoms with Crippen LogP contribution < -0.4 is 10.5 Å². The first-order valence-electron chi connectivity index (χ1n) is 5.57. The van der Waals surface area contributed by atoms with E-state index < -0.39 is 0 Å². The van der Waals surface area contributed by atoms with Gasteiger partial charge in [-0.05, 0) is 37.3 Å². The first-order chi connectivity index (χ1) is 8.33. The van der Waals surface area contributed by atoms with Crippen molar-refractivity contribution in [3.05, 3.63) is 42.4 Å². The summed E-state index contributed by atoms with van der Waals surface area (Å²) < 4.78 is 5.39. The SMILES string of the molecule is CCOc1ccc(-c2cc(CN)ncn2)cc1. The summed E-state index contributed by atoms with van der Waals surface area (Å²) in [6.07, 6.45) is 1.54. The second-order valence-corrected chi connectivity index (χ2v) is 3.56. The largest absolute Gasteiger partial charge is 0.494 e. The molecule has 0 atom stereocenters. The van der Waals surface area contributed by atoms with Gasteiger partial charge in [-0.1, -0.05) is 0 Å². The molecule has 17 heavy (non-hydrogen) atoms. The Kier molecular flexibility index (Phi) is 3.67. The molecular formula is C13H15N3O. The molecule has 0 aliphatic carbocycles. The molecular weight excluding hydrogens is 214 g/mol. The highest BCUT2D eigenvalue weighted by Gasteiger charge is 2.01. The molecule has 2 rings (SSSR count). The standard InChI is InChI=1S/C13H15N3O/c1-2-17-12-5-3-10(4-6-12)13-7-11(8-14)15-9-16-13/h3-7,9H,2,8,14H2,1H3. The molecule has 0 amide bonds. The number of benzene rings is 1. The fraction of sp³-hybridized carbons (Fsp3) is 0.231. The van der Waals surface area contributed by atoms with E-state index in [-0.39, 0.29) is 0 Å². The molecule has 0 aliphatic heterocycles. The molecule has 4 heteroatoms. The van der Waals surface area contributed by atoms with Gasteiger partial charge in [0.2, 0.25) is 0 Å². The van der Waals surface area contributed by atoms with Crippen LogP contribution in [0.4, 0.5) is 0 Å². The minimum atomic E-state index is 0.423. The molecule has 0 spiro atoms. The smallest absolute Gasteiger partial charge is 0.119 e. The number of rotatable bonds is 4. The van der Waals surface area contributed by atoms with Gasteiger partial charge >= 0.3 is 0 Å². The number of hydrogen-bond donors (Lipinski definition) is 1. The van der Waals surface area contributed by atoms with Crippen LogP contribution >= 0.6 is 0 Å². The molecule has 1 aromatic heterocycles. The van der Waals surface area contributed by atoms with Crippen molar-refractivity contribution in [3.8, 4) is 17.0 Å². The Labute approximate surface area is 100 Å². The second kappa shape index (κ2) is 5.41. The Balaban J connectivity index is 2.26. The van der Waals surface area contributed by atoms with Gasteiger partial charge in [-0.25, -0.2) is 9.97 Å². The van der Waals surface area contributed by atoms with Crippen molar-refractivity contribution < 1.29 is 4.74 Å². The van der Waals surface area contributed by atoms with Crippen LogP contribution in [-0.4, -0.2) is 16.6 Å². The van der Waals surface area contributed by atoms with Crippen LogP contribution in [0, 0.1) is 0 Å². The predicted molar refractivity (Wildman–Crippen MR) is 66.5 cm³/mol. The van der Waals surface area contributed by atoms with E-state index in [1.165, 1.54) is 6.33 Å². The first kappa shape index (κ1) is 11.5. The van der Waals surface area contributed by atoms with Gasteiger partial charge in [-0.2, -0.15) is 0 Å². The van der Waals surface area contributed by atoms with E-state index in [4.69, 9.17) is 10.5 Å². The molecule has 2 aromatic rings. The molecule has 0 unspecified atom stereocenters. The van der Waals surface area contributed by atoms with Crippen molar-refractivity contribution in [2.75, 3.05) is 6.61 Å². The third-order valence-corrected chi connectivity index (χ3v) is 2.39. The van der Waals surface area contributed by atoms with Gasteiger partial charge in [0.25, 0.3) is 0 Å². The summed E-state index contributed by atoms with van der Waals surface area (Å²) in [7, 11) is 0. The minimum Gasteiger partial charge on any atom is -0.494 e. The van der Waals surface area contributed by atoms with Gasteiger partial charge in [-0.15, -0.1) is 0 Å². The lowest BCUT2D eigenvalue weighted by Gasteiger charge is -2.05. The molecule has 0 saturated carbocycles. The third kappa shape index (κ3) is 2.79. The number of aromatic nitrogens is 2. The van der Waals surface area contributed by atoms with Crippen molar-refractivity contribution in [3.63, 3.8) is 0 Å². The van der Waals surface area contributed by atoms with Gasteiger partial charge in [0.1, 0.15) is 12.1 Å². The monoisotopic (exact) mass is 229 g/mol. The molecule has 0 saturated heterocycles. The molecule has 0 radical (unpaired) electrons. The molecule has 0 fully saturated rings. The van der Waals surface area contributed by atoms with Gasteiger partial charge in [0, 0.05) is 12.1 Å². The Morgan fingerprint density at radius 3 is 2.59 bits per heavy atom. The number of ether oxygens (including phenoxy) is 1. The summed E-state index contributed by atoms with van der Waals surface area (Å²) in [6.45, 7) is 3.06. The average molecular weight is 229 g/mol. The topological polar surface area (TPSA) is 61.0 Å². The van der Waals surface area contributed by atoms with E-state index in [1.807, 2.05) is 37.3 Å². The highest BCUT2D eigenvalue weighted by Crippen LogP contribution is 2.20. The van der Waals surface area contributed by atoms with Gasteiger partial charge in [0.15, 0.2) is 0 Å². The summed E-state index contributed by atoms with van der Waals surface area (Å²) in [5, 5.41) is 0. The van der Waals surface area contributed by atoms with E-state index >= 15 is 0 Å². The van der Waals surface area contributed by atoms with Crippen LogP contribution in [-0.2, 0) is 6.54 Å². The maximum Gasteiger partial charge on any atom is 0.119 e. The minimum absolute atomic E-state index is 0.423. The zero-order valence-corrected chi connectivity index (χ0v) is 9.76. The second-order valence-electron chi connectivity index (χ2n) is 3.56. The summed E-state index contributed by atoms with van der Waals surface area (Å²) >= 11 is 0. The fourth-order valence-electron chi connectivity index (χ4n) is 1.56. The molecule has 0 aliphatic rings. The van der Waals surface area contributed by atoms with Crippen molar-refractivity contribution >= 4 is 0 Å². The van der Waals surface area contributed by atoms with Crippen LogP contribution in [0.25, 0.3) is 11.3 Å². The molecule has 1 heterocycles. The van der Waals surface area contributed by atoms with Crippen LogP contribution in [0.2, 0.25) is 0 Å². The number of nitrogens with two attached hydrogens (primary N) is 1. The van der Waals surface area contributed by atoms with Gasteiger partial charge in [-0.3, -0.25) is 0 Å². The van der Waals surface area contributed by atoms with E-state index in [9.17, 15) is 0 Å². The quantitative estimate of drug-likeness (QED) is 0.871. The van der Waals surface area contributed by atoms with E-state index in [2.05, 4.69) is 9.97 Å². The molecule has 0 bridgehead atoms. The lowest BCUT2D eigenvalue weighted by Crippen LogP contribution is -2.00. The lowest BCUT2D eigenvalue weighted by molar-refractivity contribution is 0.340. The summed E-state index contributed by atoms with van der Waals surface area (Å²) in [6, 6.07) is 9.73. The van der Waals surface area contributed by atoms with Crippen molar-refractivity contribution in [1.29, 1.82) is 0 Å². The van der Waals surface area contributed by atoms with Crippen LogP contribution in [0.3, 0.4) is 0 Å². The van der Waals surface area contributed by atoms with E-state index in [0.29, 0.717) is 13.2 Å². The summed E-state index contributed by atoms with van der Waals surface area (Å²) in [5.41, 5.74) is 8.30. The van der Waals surface area contributed by atoms with E-state index in [0.717, 1.165) is 22.7 Å². The van der Waals surface area contributed by atoms with Crippen LogP contribution in [0.1, 0.15) is 12.6 Å². The molecule has 2 N–H and O–H groups in total. The Morgan fingerprint density at radius 1 is 1.18 bits per heavy atom. The van der Waals surface area contributed by atoms with Crippen molar-refractivity contribution in [1.82, 2.24) is 9.97 Å². The Hall–Kier alpha value is -1.94. The van der Waals surface area contributed by atoms with Gasteiger partial charge < -0.3 is 10.5 Å². The third-order valence-electron chi connectivity index (χ3n) is 2.39. The fourth-order valence-corrected chi connectivity index (χ4v) is 1.56. The normalized spacial score (nSPS) is 10.2. The molecule has 4 nitrogen and oxygen atoms in total. The lowest BCUT2D eigenvalue weighted by atomic mass is 10.1. The summed E-state index contributed by atoms with van der Waals surface area (Å²) in [4.78, 5) is 8.30. The van der Waals surface area contributed by atoms with E-state index in [1.54, 1.807) is 0 Å². The maximum atomic E-state index is 5.55. The zero-order valence-electron chi connectivity index (χ0n) is 9.76. The first-order valence-corrected chi connectivity index (χ1v) is 5.57.